The molecule has 2 aromatic carbocycles. The summed E-state index contributed by atoms with van der Waals surface area (Å²) in [7, 11) is 0. The Morgan fingerprint density at radius 2 is 1.82 bits per heavy atom. The van der Waals surface area contributed by atoms with Crippen molar-refractivity contribution >= 4 is 49.9 Å². The Balaban J connectivity index is 1.10. The molecule has 34 heavy (non-hydrogen) atoms. The molecule has 3 aliphatic rings. The van der Waals surface area contributed by atoms with Crippen LogP contribution in [0, 0.1) is 5.92 Å². The maximum atomic E-state index is 6.59. The Kier molecular flexibility index (Phi) is 5.13. The quantitative estimate of drug-likeness (QED) is 0.280. The van der Waals surface area contributed by atoms with Crippen molar-refractivity contribution in [2.24, 2.45) is 5.92 Å². The Morgan fingerprint density at radius 1 is 1.00 bits per heavy atom. The molecule has 1 aliphatic heterocycles. The van der Waals surface area contributed by atoms with Gasteiger partial charge in [0.15, 0.2) is 5.13 Å². The predicted octanol–water partition coefficient (Wildman–Crippen LogP) is 6.99. The van der Waals surface area contributed by atoms with Gasteiger partial charge in [-0.2, -0.15) is 5.10 Å². The molecule has 5 nitrogen and oxygen atoms in total. The highest BCUT2D eigenvalue weighted by molar-refractivity contribution is 7.22. The van der Waals surface area contributed by atoms with Crippen LogP contribution in [0.2, 0.25) is 10.0 Å². The van der Waals surface area contributed by atoms with Gasteiger partial charge in [0.05, 0.1) is 50.9 Å². The molecule has 3 atom stereocenters. The number of ether oxygens (including phenoxy) is 1. The molecule has 0 amide bonds. The normalized spacial score (nSPS) is 23.9. The van der Waals surface area contributed by atoms with Gasteiger partial charge in [0.25, 0.3) is 0 Å². The average Bonchev–Trinajstić information content (AvgIpc) is 3.17. The second-order valence-electron chi connectivity index (χ2n) is 9.63. The largest absolute Gasteiger partial charge is 0.371 e. The van der Waals surface area contributed by atoms with Gasteiger partial charge in [-0.25, -0.2) is 4.98 Å². The van der Waals surface area contributed by atoms with Crippen LogP contribution in [-0.4, -0.2) is 33.5 Å². The van der Waals surface area contributed by atoms with E-state index in [4.69, 9.17) is 38.0 Å². The maximum absolute atomic E-state index is 6.59. The van der Waals surface area contributed by atoms with Gasteiger partial charge in [0.1, 0.15) is 0 Å². The fourth-order valence-corrected chi connectivity index (χ4v) is 7.29. The van der Waals surface area contributed by atoms with Crippen LogP contribution in [0.25, 0.3) is 21.3 Å². The first-order valence-electron chi connectivity index (χ1n) is 11.9. The molecule has 174 valence electrons. The van der Waals surface area contributed by atoms with Gasteiger partial charge in [-0.3, -0.25) is 4.68 Å². The predicted molar refractivity (Wildman–Crippen MR) is 138 cm³/mol. The number of aromatic nitrogens is 3. The number of halogens is 2. The second-order valence-corrected chi connectivity index (χ2v) is 11.5. The van der Waals surface area contributed by atoms with Crippen LogP contribution in [0.3, 0.4) is 0 Å². The SMILES string of the molecule is Clc1cccc(Cl)c1-c1cnn(C2CC2)c1CO[C@@H]1C[C@@H]2C[C@H]1CN2c1nc2ccccc2s1. The lowest BCUT2D eigenvalue weighted by molar-refractivity contribution is 0.00958. The third kappa shape index (κ3) is 3.54. The van der Waals surface area contributed by atoms with E-state index in [2.05, 4.69) is 33.8 Å². The standard InChI is InChI=1S/C26H24Cl2N4OS/c27-19-4-3-5-20(28)25(19)18-12-29-32(16-8-9-16)22(18)14-33-23-11-17-10-15(23)13-31(17)26-30-21-6-1-2-7-24(21)34-26/h1-7,12,15-17,23H,8-11,13-14H2/t15-,17-,23+/m0/s1. The Morgan fingerprint density at radius 3 is 2.56 bits per heavy atom. The lowest BCUT2D eigenvalue weighted by Crippen LogP contribution is -2.38. The van der Waals surface area contributed by atoms with E-state index in [0.29, 0.717) is 34.7 Å². The van der Waals surface area contributed by atoms with Crippen molar-refractivity contribution in [3.8, 4) is 11.1 Å². The zero-order chi connectivity index (χ0) is 22.8. The lowest BCUT2D eigenvalue weighted by atomic mass is 10.0. The minimum atomic E-state index is 0.257. The smallest absolute Gasteiger partial charge is 0.186 e. The van der Waals surface area contributed by atoms with Gasteiger partial charge in [0.2, 0.25) is 0 Å². The van der Waals surface area contributed by atoms with Crippen LogP contribution in [0.4, 0.5) is 5.13 Å². The number of rotatable bonds is 6. The molecule has 4 aromatic rings. The summed E-state index contributed by atoms with van der Waals surface area (Å²) in [5.41, 5.74) is 4.02. The molecular weight excluding hydrogens is 487 g/mol. The summed E-state index contributed by atoms with van der Waals surface area (Å²) in [6, 6.07) is 15.0. The number of benzene rings is 2. The number of anilines is 1. The van der Waals surface area contributed by atoms with Gasteiger partial charge >= 0.3 is 0 Å². The van der Waals surface area contributed by atoms with E-state index in [1.54, 1.807) is 11.3 Å². The average molecular weight is 511 g/mol. The number of hydrogen-bond acceptors (Lipinski definition) is 5. The number of hydrogen-bond donors (Lipinski definition) is 0. The first-order valence-corrected chi connectivity index (χ1v) is 13.5. The molecule has 3 fully saturated rings. The number of nitrogens with zero attached hydrogens (tertiary/aromatic N) is 4. The molecule has 0 radical (unpaired) electrons. The summed E-state index contributed by atoms with van der Waals surface area (Å²) >= 11 is 14.9. The molecule has 0 N–H and O–H groups in total. The minimum absolute atomic E-state index is 0.257. The van der Waals surface area contributed by atoms with Crippen LogP contribution in [-0.2, 0) is 11.3 Å². The van der Waals surface area contributed by atoms with Crippen molar-refractivity contribution in [2.45, 2.75) is 50.5 Å². The van der Waals surface area contributed by atoms with E-state index < -0.39 is 0 Å². The molecular formula is C26H24Cl2N4OS. The first kappa shape index (κ1) is 21.2. The van der Waals surface area contributed by atoms with Gasteiger partial charge in [-0.1, -0.05) is 52.7 Å². The third-order valence-electron chi connectivity index (χ3n) is 7.46. The molecule has 2 bridgehead atoms. The highest BCUT2D eigenvalue weighted by atomic mass is 35.5. The Hall–Kier alpha value is -2.12. The van der Waals surface area contributed by atoms with Gasteiger partial charge < -0.3 is 9.64 Å². The number of piperidine rings is 1. The van der Waals surface area contributed by atoms with E-state index in [-0.39, 0.29) is 6.10 Å². The topological polar surface area (TPSA) is 43.2 Å². The van der Waals surface area contributed by atoms with Crippen molar-refractivity contribution in [2.75, 3.05) is 11.4 Å². The Bertz CT molecular complexity index is 1330. The molecule has 0 spiro atoms. The molecule has 0 unspecified atom stereocenters. The summed E-state index contributed by atoms with van der Waals surface area (Å²) in [6.45, 7) is 1.54. The fraction of sp³-hybridized carbons (Fsp3) is 0.385. The molecule has 2 saturated carbocycles. The molecule has 2 aliphatic carbocycles. The highest BCUT2D eigenvalue weighted by Gasteiger charge is 2.46. The number of thiazole rings is 1. The third-order valence-corrected chi connectivity index (χ3v) is 9.17. The van der Waals surface area contributed by atoms with Gasteiger partial charge in [0, 0.05) is 29.6 Å². The van der Waals surface area contributed by atoms with E-state index in [9.17, 15) is 0 Å². The summed E-state index contributed by atoms with van der Waals surface area (Å²) in [6.07, 6.45) is 6.70. The van der Waals surface area contributed by atoms with E-state index in [1.165, 1.54) is 11.1 Å². The Labute approximate surface area is 212 Å². The van der Waals surface area contributed by atoms with Crippen LogP contribution in [0.15, 0.2) is 48.7 Å². The summed E-state index contributed by atoms with van der Waals surface area (Å²) < 4.78 is 9.99. The number of fused-ring (bicyclic) bond motifs is 3. The van der Waals surface area contributed by atoms with Crippen molar-refractivity contribution in [1.29, 1.82) is 0 Å². The lowest BCUT2D eigenvalue weighted by Gasteiger charge is -2.31. The minimum Gasteiger partial charge on any atom is -0.371 e. The van der Waals surface area contributed by atoms with E-state index in [1.807, 2.05) is 24.4 Å². The molecule has 2 aromatic heterocycles. The number of para-hydroxylation sites is 1. The molecule has 8 heteroatoms. The second kappa shape index (κ2) is 8.23. The van der Waals surface area contributed by atoms with Crippen molar-refractivity contribution < 1.29 is 4.74 Å². The summed E-state index contributed by atoms with van der Waals surface area (Å²) in [4.78, 5) is 7.39. The molecule has 1 saturated heterocycles. The van der Waals surface area contributed by atoms with Crippen molar-refractivity contribution in [3.63, 3.8) is 0 Å². The zero-order valence-electron chi connectivity index (χ0n) is 18.5. The van der Waals surface area contributed by atoms with Crippen molar-refractivity contribution in [3.05, 3.63) is 64.4 Å². The first-order chi connectivity index (χ1) is 16.7. The van der Waals surface area contributed by atoms with Crippen LogP contribution in [0.5, 0.6) is 0 Å². The molecule has 7 rings (SSSR count). The maximum Gasteiger partial charge on any atom is 0.186 e. The van der Waals surface area contributed by atoms with Crippen molar-refractivity contribution in [1.82, 2.24) is 14.8 Å². The van der Waals surface area contributed by atoms with E-state index >= 15 is 0 Å². The van der Waals surface area contributed by atoms with Crippen LogP contribution >= 0.6 is 34.5 Å². The summed E-state index contributed by atoms with van der Waals surface area (Å²) in [5, 5.41) is 7.15. The monoisotopic (exact) mass is 510 g/mol. The molecule has 3 heterocycles. The fourth-order valence-electron chi connectivity index (χ4n) is 5.64. The summed E-state index contributed by atoms with van der Waals surface area (Å²) in [5.74, 6) is 0.529. The van der Waals surface area contributed by atoms with Gasteiger partial charge in [-0.15, -0.1) is 0 Å². The highest BCUT2D eigenvalue weighted by Crippen LogP contribution is 2.45. The van der Waals surface area contributed by atoms with Crippen LogP contribution in [0.1, 0.15) is 37.4 Å². The van der Waals surface area contributed by atoms with Gasteiger partial charge in [-0.05, 0) is 49.9 Å². The zero-order valence-corrected chi connectivity index (χ0v) is 20.9. The van der Waals surface area contributed by atoms with Crippen LogP contribution < -0.4 is 4.90 Å². The van der Waals surface area contributed by atoms with E-state index in [0.717, 1.165) is 53.3 Å².